The fraction of sp³-hybridized carbons (Fsp3) is 1.00. The van der Waals surface area contributed by atoms with E-state index in [9.17, 15) is 40.9 Å². The molecule has 14 heteroatoms. The van der Waals surface area contributed by atoms with Crippen molar-refractivity contribution in [3.05, 3.63) is 0 Å². The average Bonchev–Trinajstić information content (AvgIpc) is 3.58. The lowest BCUT2D eigenvalue weighted by atomic mass is 9.44. The average molecular weight is 757 g/mol. The third-order valence-electron chi connectivity index (χ3n) is 16.2. The molecular weight excluding hydrogens is 692 g/mol. The van der Waals surface area contributed by atoms with E-state index >= 15 is 0 Å². The van der Waals surface area contributed by atoms with Gasteiger partial charge in [-0.15, -0.1) is 0 Å². The molecule has 4 saturated carbocycles. The molecule has 4 heterocycles. The van der Waals surface area contributed by atoms with E-state index in [0.29, 0.717) is 48.3 Å². The summed E-state index contributed by atoms with van der Waals surface area (Å²) in [5.74, 6) is 2.78. The van der Waals surface area contributed by atoms with E-state index in [0.717, 1.165) is 51.6 Å². The molecule has 8 aliphatic rings. The van der Waals surface area contributed by atoms with Gasteiger partial charge >= 0.3 is 0 Å². The molecule has 8 fully saturated rings. The second kappa shape index (κ2) is 14.4. The van der Waals surface area contributed by atoms with Crippen LogP contribution in [0.4, 0.5) is 0 Å². The lowest BCUT2D eigenvalue weighted by Crippen LogP contribution is -2.65. The van der Waals surface area contributed by atoms with Gasteiger partial charge in [0.15, 0.2) is 18.4 Å². The topological polar surface area (TPSA) is 217 Å². The van der Waals surface area contributed by atoms with Crippen LogP contribution < -0.4 is 0 Å². The fourth-order valence-electron chi connectivity index (χ4n) is 13.2. The van der Waals surface area contributed by atoms with E-state index in [1.807, 2.05) is 0 Å². The van der Waals surface area contributed by atoms with E-state index in [1.54, 1.807) is 0 Å². The molecule has 8 rings (SSSR count). The van der Waals surface area contributed by atoms with E-state index in [4.69, 9.17) is 28.4 Å². The molecule has 4 aliphatic heterocycles. The van der Waals surface area contributed by atoms with Gasteiger partial charge in [-0.05, 0) is 97.7 Å². The zero-order valence-electron chi connectivity index (χ0n) is 31.6. The fourth-order valence-corrected chi connectivity index (χ4v) is 13.2. The van der Waals surface area contributed by atoms with Gasteiger partial charge in [-0.1, -0.05) is 27.7 Å². The second-order valence-electron chi connectivity index (χ2n) is 18.9. The summed E-state index contributed by atoms with van der Waals surface area (Å²) in [6, 6.07) is 0. The predicted octanol–water partition coefficient (Wildman–Crippen LogP) is 0.413. The quantitative estimate of drug-likeness (QED) is 0.173. The first-order valence-corrected chi connectivity index (χ1v) is 20.4. The number of hydrogen-bond donors (Lipinski definition) is 8. The Morgan fingerprint density at radius 1 is 0.698 bits per heavy atom. The zero-order chi connectivity index (χ0) is 37.8. The number of rotatable bonds is 6. The number of fused-ring (bicyclic) bond motifs is 7. The maximum absolute atomic E-state index is 11.8. The molecule has 0 aromatic heterocycles. The van der Waals surface area contributed by atoms with Crippen molar-refractivity contribution in [2.45, 2.75) is 171 Å². The van der Waals surface area contributed by atoms with Crippen LogP contribution in [-0.4, -0.2) is 146 Å². The van der Waals surface area contributed by atoms with Gasteiger partial charge in [-0.2, -0.15) is 0 Å². The highest BCUT2D eigenvalue weighted by atomic mass is 16.8. The molecule has 8 N–H and O–H groups in total. The normalized spacial score (nSPS) is 59.5. The van der Waals surface area contributed by atoms with Gasteiger partial charge < -0.3 is 69.3 Å². The molecule has 14 nitrogen and oxygen atoms in total. The van der Waals surface area contributed by atoms with Gasteiger partial charge in [0.05, 0.1) is 38.1 Å². The van der Waals surface area contributed by atoms with E-state index in [1.165, 1.54) is 0 Å². The first-order chi connectivity index (χ1) is 25.2. The van der Waals surface area contributed by atoms with Crippen molar-refractivity contribution in [2.24, 2.45) is 52.3 Å². The Kier molecular flexibility index (Phi) is 10.6. The molecular formula is C39H64O14. The van der Waals surface area contributed by atoms with Crippen molar-refractivity contribution >= 4 is 0 Å². The van der Waals surface area contributed by atoms with Crippen molar-refractivity contribution < 1.29 is 69.3 Å². The lowest BCUT2D eigenvalue weighted by Gasteiger charge is -2.62. The first-order valence-electron chi connectivity index (χ1n) is 20.4. The Morgan fingerprint density at radius 2 is 1.40 bits per heavy atom. The standard InChI is InChI=1S/C39H64O14/c1-17-7-10-39(48-16-17)18(2)28-25(53-39)12-22-20-6-5-19-11-24(23(42)13-38(19,4)21(20)8-9-37(22,28)3)49-36-34(32(46)30(44)27(15-41)51-36)52-35-33(47)31(45)29(43)26(14-40)50-35/h17-36,40-47H,5-16H2,1-4H3/t17-,18+,19+,20+,21-,22-,23-,24+,25-,26+,27+,28-,29+,30-,31-,32-,33+,34+,35-,36+,37-,38-,39-/m0/s1. The molecule has 23 atom stereocenters. The van der Waals surface area contributed by atoms with E-state index in [-0.39, 0.29) is 22.9 Å². The Balaban J connectivity index is 0.962. The maximum Gasteiger partial charge on any atom is 0.187 e. The van der Waals surface area contributed by atoms with Crippen LogP contribution in [0.1, 0.15) is 85.5 Å². The Morgan fingerprint density at radius 3 is 2.08 bits per heavy atom. The summed E-state index contributed by atoms with van der Waals surface area (Å²) in [4.78, 5) is 0. The molecule has 0 bridgehead atoms. The lowest BCUT2D eigenvalue weighted by molar-refractivity contribution is -0.376. The van der Waals surface area contributed by atoms with Gasteiger partial charge in [0.25, 0.3) is 0 Å². The van der Waals surface area contributed by atoms with Gasteiger partial charge in [0.2, 0.25) is 0 Å². The molecule has 0 aromatic rings. The minimum atomic E-state index is -1.76. The molecule has 304 valence electrons. The molecule has 53 heavy (non-hydrogen) atoms. The van der Waals surface area contributed by atoms with Crippen LogP contribution in [-0.2, 0) is 28.4 Å². The first kappa shape index (κ1) is 39.3. The summed E-state index contributed by atoms with van der Waals surface area (Å²) in [6.07, 6.45) is -8.11. The SMILES string of the molecule is C[C@H]1CC[C@]2(OC1)O[C@H]1C[C@H]3[C@@H]4CC[C@@H]5C[C@@H](O[C@@H]6O[C@H](CO)[C@H](O)[C@H](O)[C@H]6O[C@@H]6O[C@H](CO)[C@@H](O)[C@H](O)[C@H]6O)[C@@H](O)C[C@]5(C)[C@H]4CC[C@]3(C)[C@H]1[C@H]2C. The largest absolute Gasteiger partial charge is 0.394 e. The van der Waals surface area contributed by atoms with Gasteiger partial charge in [-0.3, -0.25) is 0 Å². The van der Waals surface area contributed by atoms with Crippen molar-refractivity contribution in [2.75, 3.05) is 19.8 Å². The molecule has 1 spiro atoms. The summed E-state index contributed by atoms with van der Waals surface area (Å²) in [6.45, 7) is 8.96. The van der Waals surface area contributed by atoms with Crippen molar-refractivity contribution in [1.29, 1.82) is 0 Å². The van der Waals surface area contributed by atoms with Gasteiger partial charge in [-0.25, -0.2) is 0 Å². The number of aliphatic hydroxyl groups excluding tert-OH is 8. The molecule has 0 aromatic carbocycles. The Hall–Kier alpha value is -0.560. The Labute approximate surface area is 312 Å². The van der Waals surface area contributed by atoms with Crippen molar-refractivity contribution in [3.63, 3.8) is 0 Å². The summed E-state index contributed by atoms with van der Waals surface area (Å²) < 4.78 is 37.2. The van der Waals surface area contributed by atoms with E-state index < -0.39 is 92.6 Å². The number of ether oxygens (including phenoxy) is 6. The minimum absolute atomic E-state index is 0.111. The highest BCUT2D eigenvalue weighted by molar-refractivity contribution is 5.16. The summed E-state index contributed by atoms with van der Waals surface area (Å²) in [7, 11) is 0. The van der Waals surface area contributed by atoms with Crippen LogP contribution in [0, 0.1) is 52.3 Å². The maximum atomic E-state index is 11.8. The van der Waals surface area contributed by atoms with Crippen LogP contribution in [0.2, 0.25) is 0 Å². The molecule has 0 amide bonds. The highest BCUT2D eigenvalue weighted by Gasteiger charge is 2.69. The monoisotopic (exact) mass is 756 g/mol. The number of aliphatic hydroxyl groups is 8. The second-order valence-corrected chi connectivity index (χ2v) is 18.9. The molecule has 0 radical (unpaired) electrons. The zero-order valence-corrected chi connectivity index (χ0v) is 31.6. The minimum Gasteiger partial charge on any atom is -0.394 e. The summed E-state index contributed by atoms with van der Waals surface area (Å²) in [5.41, 5.74) is 0.0762. The smallest absolute Gasteiger partial charge is 0.187 e. The van der Waals surface area contributed by atoms with Crippen LogP contribution in [0.15, 0.2) is 0 Å². The Bertz CT molecular complexity index is 1300. The van der Waals surface area contributed by atoms with Crippen molar-refractivity contribution in [1.82, 2.24) is 0 Å². The van der Waals surface area contributed by atoms with Crippen molar-refractivity contribution in [3.8, 4) is 0 Å². The van der Waals surface area contributed by atoms with Crippen LogP contribution in [0.3, 0.4) is 0 Å². The third-order valence-corrected chi connectivity index (χ3v) is 16.2. The third kappa shape index (κ3) is 6.20. The summed E-state index contributed by atoms with van der Waals surface area (Å²) >= 11 is 0. The molecule has 4 saturated heterocycles. The number of hydrogen-bond acceptors (Lipinski definition) is 14. The molecule has 4 aliphatic carbocycles. The van der Waals surface area contributed by atoms with Gasteiger partial charge in [0.1, 0.15) is 48.8 Å². The van der Waals surface area contributed by atoms with Crippen LogP contribution >= 0.6 is 0 Å². The van der Waals surface area contributed by atoms with E-state index in [2.05, 4.69) is 27.7 Å². The summed E-state index contributed by atoms with van der Waals surface area (Å²) in [5, 5.41) is 84.5. The highest BCUT2D eigenvalue weighted by Crippen LogP contribution is 2.71. The van der Waals surface area contributed by atoms with Gasteiger partial charge in [0, 0.05) is 12.3 Å². The predicted molar refractivity (Wildman–Crippen MR) is 184 cm³/mol. The van der Waals surface area contributed by atoms with Crippen LogP contribution in [0.5, 0.6) is 0 Å². The van der Waals surface area contributed by atoms with Crippen LogP contribution in [0.25, 0.3) is 0 Å². The molecule has 0 unspecified atom stereocenters.